The molecule has 0 spiro atoms. The van der Waals surface area contributed by atoms with Crippen LogP contribution in [0.5, 0.6) is 0 Å². The average Bonchev–Trinajstić information content (AvgIpc) is 2.73. The lowest BCUT2D eigenvalue weighted by Crippen LogP contribution is -2.11. The van der Waals surface area contributed by atoms with Crippen molar-refractivity contribution in [2.45, 2.75) is 11.4 Å². The topological polar surface area (TPSA) is 90.1 Å². The molecule has 86 valence electrons. The lowest BCUT2D eigenvalue weighted by atomic mass is 10.6. The van der Waals surface area contributed by atoms with Gasteiger partial charge in [-0.3, -0.25) is 0 Å². The van der Waals surface area contributed by atoms with Crippen molar-refractivity contribution in [2.24, 2.45) is 0 Å². The van der Waals surface area contributed by atoms with Crippen molar-refractivity contribution in [3.05, 3.63) is 12.1 Å². The summed E-state index contributed by atoms with van der Waals surface area (Å²) in [6.45, 7) is 0. The van der Waals surface area contributed by atoms with E-state index in [-0.39, 0.29) is 10.8 Å². The molecule has 0 saturated heterocycles. The van der Waals surface area contributed by atoms with Crippen molar-refractivity contribution in [3.8, 4) is 0 Å². The number of nitrogens with zero attached hydrogens (tertiary/aromatic N) is 5. The Kier molecular flexibility index (Phi) is 3.01. The quantitative estimate of drug-likeness (QED) is 0.715. The van der Waals surface area contributed by atoms with Gasteiger partial charge in [0.2, 0.25) is 0 Å². The van der Waals surface area contributed by atoms with Gasteiger partial charge in [-0.15, -0.1) is 26.4 Å². The minimum absolute atomic E-state index is 0.0306. The van der Waals surface area contributed by atoms with Crippen LogP contribution in [0.15, 0.2) is 17.2 Å². The molecule has 2 heterocycles. The fourth-order valence-electron chi connectivity index (χ4n) is 1.15. The largest absolute Gasteiger partial charge is 0.222 e. The summed E-state index contributed by atoms with van der Waals surface area (Å²) in [7, 11) is -3.40. The van der Waals surface area contributed by atoms with Gasteiger partial charge >= 0.3 is 0 Å². The van der Waals surface area contributed by atoms with E-state index in [1.165, 1.54) is 12.1 Å². The second-order valence-corrected chi connectivity index (χ2v) is 5.49. The van der Waals surface area contributed by atoms with Gasteiger partial charge in [0.25, 0.3) is 0 Å². The molecular weight excluding hydrogens is 254 g/mol. The first-order valence-corrected chi connectivity index (χ1v) is 6.66. The number of halogens is 1. The van der Waals surface area contributed by atoms with Gasteiger partial charge in [-0.1, -0.05) is 0 Å². The van der Waals surface area contributed by atoms with Crippen molar-refractivity contribution in [3.63, 3.8) is 0 Å². The van der Waals surface area contributed by atoms with E-state index in [2.05, 4.69) is 20.6 Å². The molecule has 2 aromatic heterocycles. The third-order valence-corrected chi connectivity index (χ3v) is 3.86. The van der Waals surface area contributed by atoms with Crippen molar-refractivity contribution < 1.29 is 8.42 Å². The number of tetrazole rings is 1. The summed E-state index contributed by atoms with van der Waals surface area (Å²) in [5.41, 5.74) is 0.399. The Morgan fingerprint density at radius 2 is 2.19 bits per heavy atom. The Morgan fingerprint density at radius 3 is 2.94 bits per heavy atom. The number of fused-ring (bicyclic) bond motifs is 1. The number of hydrogen-bond donors (Lipinski definition) is 0. The SMILES string of the molecule is O=S(=O)(CCCCl)c1ccc2nnnn2n1. The molecule has 0 saturated carbocycles. The van der Waals surface area contributed by atoms with Gasteiger partial charge in [-0.05, 0) is 29.0 Å². The molecule has 2 rings (SSSR count). The summed E-state index contributed by atoms with van der Waals surface area (Å²) in [6.07, 6.45) is 0.388. The van der Waals surface area contributed by atoms with Crippen LogP contribution in [0, 0.1) is 0 Å². The van der Waals surface area contributed by atoms with Gasteiger partial charge < -0.3 is 0 Å². The van der Waals surface area contributed by atoms with Gasteiger partial charge in [0.05, 0.1) is 5.75 Å². The van der Waals surface area contributed by atoms with E-state index in [4.69, 9.17) is 11.6 Å². The minimum Gasteiger partial charge on any atom is -0.222 e. The van der Waals surface area contributed by atoms with Gasteiger partial charge in [-0.2, -0.15) is 0 Å². The highest BCUT2D eigenvalue weighted by molar-refractivity contribution is 7.91. The number of alkyl halides is 1. The van der Waals surface area contributed by atoms with Gasteiger partial charge in [0, 0.05) is 5.88 Å². The van der Waals surface area contributed by atoms with Crippen LogP contribution in [0.3, 0.4) is 0 Å². The average molecular weight is 262 g/mol. The van der Waals surface area contributed by atoms with E-state index in [0.29, 0.717) is 17.9 Å². The molecule has 0 amide bonds. The smallest absolute Gasteiger partial charge is 0.200 e. The van der Waals surface area contributed by atoms with Crippen LogP contribution in [0.2, 0.25) is 0 Å². The third kappa shape index (κ3) is 2.12. The van der Waals surface area contributed by atoms with Crippen molar-refractivity contribution in [1.82, 2.24) is 25.3 Å². The molecule has 0 aliphatic carbocycles. The second kappa shape index (κ2) is 4.30. The number of hydrogen-bond acceptors (Lipinski definition) is 6. The Hall–Kier alpha value is -1.28. The highest BCUT2D eigenvalue weighted by Gasteiger charge is 2.16. The zero-order valence-electron chi connectivity index (χ0n) is 8.11. The van der Waals surface area contributed by atoms with Gasteiger partial charge in [0.1, 0.15) is 0 Å². The number of rotatable bonds is 4. The van der Waals surface area contributed by atoms with E-state index in [1.807, 2.05) is 0 Å². The Labute approximate surface area is 96.3 Å². The molecule has 0 N–H and O–H groups in total. The number of aromatic nitrogens is 5. The Morgan fingerprint density at radius 1 is 1.38 bits per heavy atom. The lowest BCUT2D eigenvalue weighted by molar-refractivity contribution is 0.583. The summed E-state index contributed by atoms with van der Waals surface area (Å²) in [5, 5.41) is 14.3. The third-order valence-electron chi connectivity index (χ3n) is 1.91. The molecule has 0 bridgehead atoms. The molecule has 0 atom stereocenters. The van der Waals surface area contributed by atoms with Crippen LogP contribution >= 0.6 is 11.6 Å². The zero-order chi connectivity index (χ0) is 11.6. The monoisotopic (exact) mass is 261 g/mol. The number of sulfone groups is 1. The summed E-state index contributed by atoms with van der Waals surface area (Å²) in [4.78, 5) is 0. The molecule has 9 heteroatoms. The molecule has 0 unspecified atom stereocenters. The van der Waals surface area contributed by atoms with Crippen LogP contribution in [-0.2, 0) is 9.84 Å². The minimum atomic E-state index is -3.40. The molecular formula is C7H8ClN5O2S. The molecule has 0 aliphatic rings. The van der Waals surface area contributed by atoms with Crippen LogP contribution < -0.4 is 0 Å². The Balaban J connectivity index is 2.39. The highest BCUT2D eigenvalue weighted by Crippen LogP contribution is 2.09. The molecule has 0 radical (unpaired) electrons. The van der Waals surface area contributed by atoms with Crippen LogP contribution in [0.4, 0.5) is 0 Å². The van der Waals surface area contributed by atoms with Crippen molar-refractivity contribution >= 4 is 27.1 Å². The van der Waals surface area contributed by atoms with E-state index < -0.39 is 9.84 Å². The molecule has 0 aliphatic heterocycles. The first-order chi connectivity index (χ1) is 7.63. The molecule has 16 heavy (non-hydrogen) atoms. The van der Waals surface area contributed by atoms with E-state index in [9.17, 15) is 8.42 Å². The molecule has 0 fully saturated rings. The van der Waals surface area contributed by atoms with E-state index in [1.54, 1.807) is 0 Å². The standard InChI is InChI=1S/C7H8ClN5O2S/c8-4-1-5-16(14,15)7-3-2-6-9-11-12-13(6)10-7/h2-3H,1,4-5H2. The predicted octanol–water partition coefficient (Wildman–Crippen LogP) is -0.0781. The summed E-state index contributed by atoms with van der Waals surface area (Å²) < 4.78 is 24.6. The fourth-order valence-corrected chi connectivity index (χ4v) is 2.65. The van der Waals surface area contributed by atoms with Gasteiger partial charge in [-0.25, -0.2) is 8.42 Å². The maximum atomic E-state index is 11.8. The predicted molar refractivity (Wildman–Crippen MR) is 56.0 cm³/mol. The first kappa shape index (κ1) is 11.2. The highest BCUT2D eigenvalue weighted by atomic mass is 35.5. The normalized spacial score (nSPS) is 12.1. The summed E-state index contributed by atoms with van der Waals surface area (Å²) in [6, 6.07) is 2.88. The molecule has 7 nitrogen and oxygen atoms in total. The fraction of sp³-hybridized carbons (Fsp3) is 0.429. The maximum absolute atomic E-state index is 11.8. The van der Waals surface area contributed by atoms with E-state index in [0.717, 1.165) is 4.63 Å². The second-order valence-electron chi connectivity index (χ2n) is 3.06. The molecule has 0 aromatic carbocycles. The van der Waals surface area contributed by atoms with E-state index >= 15 is 0 Å². The first-order valence-electron chi connectivity index (χ1n) is 4.47. The van der Waals surface area contributed by atoms with Crippen molar-refractivity contribution in [2.75, 3.05) is 11.6 Å². The van der Waals surface area contributed by atoms with Crippen LogP contribution in [0.1, 0.15) is 6.42 Å². The molecule has 2 aromatic rings. The van der Waals surface area contributed by atoms with Crippen LogP contribution in [0.25, 0.3) is 5.65 Å². The zero-order valence-corrected chi connectivity index (χ0v) is 9.69. The van der Waals surface area contributed by atoms with Crippen LogP contribution in [-0.4, -0.2) is 45.3 Å². The Bertz CT molecular complexity index is 596. The lowest BCUT2D eigenvalue weighted by Gasteiger charge is -2.01. The summed E-state index contributed by atoms with van der Waals surface area (Å²) in [5.74, 6) is 0.267. The van der Waals surface area contributed by atoms with Crippen molar-refractivity contribution in [1.29, 1.82) is 0 Å². The van der Waals surface area contributed by atoms with Gasteiger partial charge in [0.15, 0.2) is 20.5 Å². The summed E-state index contributed by atoms with van der Waals surface area (Å²) >= 11 is 5.45. The maximum Gasteiger partial charge on any atom is 0.200 e.